The van der Waals surface area contributed by atoms with Crippen molar-refractivity contribution in [2.45, 2.75) is 13.3 Å². The quantitative estimate of drug-likeness (QED) is 0.763. The molecule has 21 heavy (non-hydrogen) atoms. The minimum Gasteiger partial charge on any atom is -0.319 e. The van der Waals surface area contributed by atoms with Gasteiger partial charge in [-0.1, -0.05) is 35.0 Å². The first-order valence-corrected chi connectivity index (χ1v) is 7.37. The fourth-order valence-corrected chi connectivity index (χ4v) is 2.42. The Labute approximate surface area is 129 Å². The molecule has 6 heteroatoms. The molecule has 1 heterocycles. The number of hydrogen-bond donors (Lipinski definition) is 2. The van der Waals surface area contributed by atoms with Crippen LogP contribution in [0.2, 0.25) is 0 Å². The van der Waals surface area contributed by atoms with E-state index in [4.69, 9.17) is 0 Å². The highest BCUT2D eigenvalue weighted by molar-refractivity contribution is 9.10. The maximum atomic E-state index is 12.1. The molecular formula is C15H13BrN4O. The van der Waals surface area contributed by atoms with E-state index in [1.165, 1.54) is 0 Å². The lowest BCUT2D eigenvalue weighted by molar-refractivity contribution is 0.101. The molecule has 1 aromatic heterocycles. The molecule has 0 spiro atoms. The average Bonchev–Trinajstić information content (AvgIpc) is 2.96. The number of carbonyl (C=O) groups is 1. The maximum Gasteiger partial charge on any atom is 0.295 e. The Hall–Kier alpha value is -2.21. The first kappa shape index (κ1) is 13.8. The van der Waals surface area contributed by atoms with Crippen molar-refractivity contribution in [3.05, 3.63) is 52.5 Å². The van der Waals surface area contributed by atoms with Crippen LogP contribution in [0, 0.1) is 0 Å². The van der Waals surface area contributed by atoms with Crippen molar-refractivity contribution >= 4 is 38.3 Å². The number of benzene rings is 2. The molecule has 0 aliphatic heterocycles. The lowest BCUT2D eigenvalue weighted by atomic mass is 10.1. The fourth-order valence-electron chi connectivity index (χ4n) is 2.04. The molecule has 0 aliphatic carbocycles. The molecule has 0 aliphatic rings. The van der Waals surface area contributed by atoms with E-state index in [-0.39, 0.29) is 11.7 Å². The summed E-state index contributed by atoms with van der Waals surface area (Å²) in [6.07, 6.45) is 0.713. The Balaban J connectivity index is 1.84. The van der Waals surface area contributed by atoms with E-state index >= 15 is 0 Å². The van der Waals surface area contributed by atoms with Gasteiger partial charge in [-0.05, 0) is 35.0 Å². The van der Waals surface area contributed by atoms with Gasteiger partial charge in [-0.3, -0.25) is 9.89 Å². The normalized spacial score (nSPS) is 10.8. The van der Waals surface area contributed by atoms with Crippen molar-refractivity contribution in [2.24, 2.45) is 0 Å². The van der Waals surface area contributed by atoms with Crippen LogP contribution in [0.1, 0.15) is 23.4 Å². The molecule has 0 atom stereocenters. The van der Waals surface area contributed by atoms with Crippen LogP contribution in [0.4, 0.5) is 5.69 Å². The van der Waals surface area contributed by atoms with E-state index in [2.05, 4.69) is 36.4 Å². The number of hydrogen-bond acceptors (Lipinski definition) is 3. The molecule has 0 saturated heterocycles. The summed E-state index contributed by atoms with van der Waals surface area (Å²) in [6, 6.07) is 11.7. The van der Waals surface area contributed by atoms with Crippen molar-refractivity contribution in [1.29, 1.82) is 0 Å². The molecule has 1 amide bonds. The molecule has 0 fully saturated rings. The maximum absolute atomic E-state index is 12.1. The SMILES string of the molecule is CCc1nc(C(=O)Nc2ccc3cc(Br)ccc3c2)n[nH]1. The van der Waals surface area contributed by atoms with Crippen molar-refractivity contribution in [2.75, 3.05) is 5.32 Å². The third-order valence-electron chi connectivity index (χ3n) is 3.13. The molecule has 3 aromatic rings. The van der Waals surface area contributed by atoms with Crippen LogP contribution in [0.3, 0.4) is 0 Å². The van der Waals surface area contributed by atoms with Gasteiger partial charge in [-0.25, -0.2) is 4.98 Å². The zero-order chi connectivity index (χ0) is 14.8. The van der Waals surface area contributed by atoms with Gasteiger partial charge in [-0.15, -0.1) is 5.10 Å². The van der Waals surface area contributed by atoms with Gasteiger partial charge in [0.05, 0.1) is 0 Å². The Morgan fingerprint density at radius 2 is 2.00 bits per heavy atom. The lowest BCUT2D eigenvalue weighted by Gasteiger charge is -2.05. The number of aromatic amines is 1. The lowest BCUT2D eigenvalue weighted by Crippen LogP contribution is -2.13. The van der Waals surface area contributed by atoms with Gasteiger partial charge in [-0.2, -0.15) is 0 Å². The summed E-state index contributed by atoms with van der Waals surface area (Å²) in [5, 5.41) is 11.6. The van der Waals surface area contributed by atoms with Crippen molar-refractivity contribution < 1.29 is 4.79 Å². The Kier molecular flexibility index (Phi) is 3.70. The van der Waals surface area contributed by atoms with Gasteiger partial charge in [0.15, 0.2) is 0 Å². The number of carbonyl (C=O) groups excluding carboxylic acids is 1. The highest BCUT2D eigenvalue weighted by Crippen LogP contribution is 2.23. The number of rotatable bonds is 3. The van der Waals surface area contributed by atoms with Crippen molar-refractivity contribution in [1.82, 2.24) is 15.2 Å². The third kappa shape index (κ3) is 2.95. The number of halogens is 1. The third-order valence-corrected chi connectivity index (χ3v) is 3.62. The number of anilines is 1. The molecule has 3 rings (SSSR count). The number of nitrogens with zero attached hydrogens (tertiary/aromatic N) is 2. The molecule has 0 unspecified atom stereocenters. The van der Waals surface area contributed by atoms with Gasteiger partial charge in [0.25, 0.3) is 5.91 Å². The summed E-state index contributed by atoms with van der Waals surface area (Å²) < 4.78 is 1.03. The van der Waals surface area contributed by atoms with Crippen LogP contribution >= 0.6 is 15.9 Å². The predicted octanol–water partition coefficient (Wildman–Crippen LogP) is 3.54. The second-order valence-electron chi connectivity index (χ2n) is 4.62. The Morgan fingerprint density at radius 1 is 1.24 bits per heavy atom. The first-order valence-electron chi connectivity index (χ1n) is 6.57. The summed E-state index contributed by atoms with van der Waals surface area (Å²) in [4.78, 5) is 16.2. The predicted molar refractivity (Wildman–Crippen MR) is 85.4 cm³/mol. The summed E-state index contributed by atoms with van der Waals surface area (Å²) in [5.74, 6) is 0.536. The van der Waals surface area contributed by atoms with E-state index in [1.54, 1.807) is 0 Å². The number of amides is 1. The Bertz CT molecular complexity index is 812. The molecule has 106 valence electrons. The first-order chi connectivity index (χ1) is 10.2. The zero-order valence-electron chi connectivity index (χ0n) is 11.4. The van der Waals surface area contributed by atoms with E-state index in [9.17, 15) is 4.79 Å². The summed E-state index contributed by atoms with van der Waals surface area (Å²) in [5.41, 5.74) is 0.720. The van der Waals surface area contributed by atoms with Crippen molar-refractivity contribution in [3.8, 4) is 0 Å². The van der Waals surface area contributed by atoms with E-state index in [0.29, 0.717) is 12.2 Å². The molecule has 0 radical (unpaired) electrons. The van der Waals surface area contributed by atoms with Crippen LogP contribution in [0.25, 0.3) is 10.8 Å². The smallest absolute Gasteiger partial charge is 0.295 e. The molecule has 2 aromatic carbocycles. The van der Waals surface area contributed by atoms with Crippen LogP contribution in [0.5, 0.6) is 0 Å². The van der Waals surface area contributed by atoms with E-state index < -0.39 is 0 Å². The summed E-state index contributed by atoms with van der Waals surface area (Å²) >= 11 is 3.44. The summed E-state index contributed by atoms with van der Waals surface area (Å²) in [7, 11) is 0. The zero-order valence-corrected chi connectivity index (χ0v) is 12.9. The van der Waals surface area contributed by atoms with E-state index in [0.717, 1.165) is 20.9 Å². The minimum absolute atomic E-state index is 0.155. The monoisotopic (exact) mass is 344 g/mol. The van der Waals surface area contributed by atoms with Crippen molar-refractivity contribution in [3.63, 3.8) is 0 Å². The van der Waals surface area contributed by atoms with Gasteiger partial charge in [0.1, 0.15) is 5.82 Å². The average molecular weight is 345 g/mol. The number of nitrogens with one attached hydrogen (secondary N) is 2. The standard InChI is InChI=1S/C15H13BrN4O/c1-2-13-18-14(20-19-13)15(21)17-12-6-4-9-7-11(16)5-3-10(9)8-12/h3-8H,2H2,1H3,(H,17,21)(H,18,19,20). The van der Waals surface area contributed by atoms with Gasteiger partial charge >= 0.3 is 0 Å². The van der Waals surface area contributed by atoms with Gasteiger partial charge in [0, 0.05) is 16.6 Å². The highest BCUT2D eigenvalue weighted by Gasteiger charge is 2.12. The number of H-pyrrole nitrogens is 1. The van der Waals surface area contributed by atoms with Crippen LogP contribution < -0.4 is 5.32 Å². The molecule has 5 nitrogen and oxygen atoms in total. The van der Waals surface area contributed by atoms with Crippen LogP contribution in [-0.4, -0.2) is 21.1 Å². The van der Waals surface area contributed by atoms with Crippen LogP contribution in [0.15, 0.2) is 40.9 Å². The number of aromatic nitrogens is 3. The topological polar surface area (TPSA) is 70.7 Å². The highest BCUT2D eigenvalue weighted by atomic mass is 79.9. The van der Waals surface area contributed by atoms with Crippen LogP contribution in [-0.2, 0) is 6.42 Å². The largest absolute Gasteiger partial charge is 0.319 e. The minimum atomic E-state index is -0.317. The number of aryl methyl sites for hydroxylation is 1. The fraction of sp³-hybridized carbons (Fsp3) is 0.133. The van der Waals surface area contributed by atoms with E-state index in [1.807, 2.05) is 43.3 Å². The molecule has 2 N–H and O–H groups in total. The Morgan fingerprint density at radius 3 is 2.76 bits per heavy atom. The second-order valence-corrected chi connectivity index (χ2v) is 5.54. The van der Waals surface area contributed by atoms with Gasteiger partial charge < -0.3 is 5.32 Å². The van der Waals surface area contributed by atoms with Gasteiger partial charge in [0.2, 0.25) is 5.82 Å². The second kappa shape index (κ2) is 5.65. The molecular weight excluding hydrogens is 332 g/mol. The molecule has 0 bridgehead atoms. The summed E-state index contributed by atoms with van der Waals surface area (Å²) in [6.45, 7) is 1.95. The molecule has 0 saturated carbocycles. The number of fused-ring (bicyclic) bond motifs is 1.